The van der Waals surface area contributed by atoms with Gasteiger partial charge in [0.2, 0.25) is 0 Å². The van der Waals surface area contributed by atoms with Crippen molar-refractivity contribution in [2.75, 3.05) is 32.0 Å². The van der Waals surface area contributed by atoms with Crippen LogP contribution < -0.4 is 15.2 Å². The van der Waals surface area contributed by atoms with Gasteiger partial charge in [-0.25, -0.2) is 0 Å². The molecule has 0 radical (unpaired) electrons. The standard InChI is InChI=1S/C26H32N2O2/c27-25-14-15-26(24-9-4-3-8-23(24)25)30-20-21-10-12-22(13-11-21)29-19-7-18-28-16-5-1-2-6-17-28/h3-4,8-15H,1-2,5-7,16-20,27H2. The van der Waals surface area contributed by atoms with Crippen LogP contribution in [0.5, 0.6) is 11.5 Å². The van der Waals surface area contributed by atoms with Crippen molar-refractivity contribution in [2.45, 2.75) is 38.7 Å². The Morgan fingerprint density at radius 3 is 2.27 bits per heavy atom. The minimum Gasteiger partial charge on any atom is -0.494 e. The third kappa shape index (κ3) is 5.45. The fraction of sp³-hybridized carbons (Fsp3) is 0.385. The molecule has 0 unspecified atom stereocenters. The van der Waals surface area contributed by atoms with Crippen LogP contribution in [0.15, 0.2) is 60.7 Å². The van der Waals surface area contributed by atoms with Gasteiger partial charge in [-0.3, -0.25) is 0 Å². The quantitative estimate of drug-likeness (QED) is 0.389. The zero-order valence-corrected chi connectivity index (χ0v) is 17.7. The van der Waals surface area contributed by atoms with E-state index in [1.807, 2.05) is 48.5 Å². The number of anilines is 1. The Morgan fingerprint density at radius 2 is 1.50 bits per heavy atom. The molecule has 0 aromatic heterocycles. The van der Waals surface area contributed by atoms with E-state index in [0.29, 0.717) is 6.61 Å². The van der Waals surface area contributed by atoms with Crippen LogP contribution in [0.25, 0.3) is 10.8 Å². The summed E-state index contributed by atoms with van der Waals surface area (Å²) in [5.74, 6) is 1.78. The average Bonchev–Trinajstić information content (AvgIpc) is 3.06. The van der Waals surface area contributed by atoms with Gasteiger partial charge in [0.25, 0.3) is 0 Å². The van der Waals surface area contributed by atoms with E-state index >= 15 is 0 Å². The Morgan fingerprint density at radius 1 is 0.767 bits per heavy atom. The molecule has 4 nitrogen and oxygen atoms in total. The Labute approximate surface area is 179 Å². The number of hydrogen-bond donors (Lipinski definition) is 1. The summed E-state index contributed by atoms with van der Waals surface area (Å²) in [6.45, 7) is 4.92. The highest BCUT2D eigenvalue weighted by Crippen LogP contribution is 2.30. The molecule has 4 heteroatoms. The van der Waals surface area contributed by atoms with Gasteiger partial charge in [-0.1, -0.05) is 49.2 Å². The van der Waals surface area contributed by atoms with E-state index < -0.39 is 0 Å². The maximum atomic E-state index is 6.08. The highest BCUT2D eigenvalue weighted by molar-refractivity contribution is 5.96. The lowest BCUT2D eigenvalue weighted by Crippen LogP contribution is -2.26. The molecule has 3 aromatic carbocycles. The second kappa shape index (κ2) is 10.4. The number of nitrogens with two attached hydrogens (primary N) is 1. The number of nitrogens with zero attached hydrogens (tertiary/aromatic N) is 1. The number of hydrogen-bond acceptors (Lipinski definition) is 4. The molecule has 1 heterocycles. The summed E-state index contributed by atoms with van der Waals surface area (Å²) >= 11 is 0. The number of likely N-dealkylation sites (tertiary alicyclic amines) is 1. The van der Waals surface area contributed by atoms with Crippen molar-refractivity contribution in [2.24, 2.45) is 0 Å². The van der Waals surface area contributed by atoms with Crippen molar-refractivity contribution >= 4 is 16.5 Å². The molecule has 3 aromatic rings. The van der Waals surface area contributed by atoms with Gasteiger partial charge in [0.1, 0.15) is 18.1 Å². The molecule has 0 aliphatic carbocycles. The second-order valence-electron chi connectivity index (χ2n) is 8.09. The van der Waals surface area contributed by atoms with E-state index in [2.05, 4.69) is 17.0 Å². The number of nitrogen functional groups attached to an aromatic ring is 1. The molecule has 158 valence electrons. The number of fused-ring (bicyclic) bond motifs is 1. The van der Waals surface area contributed by atoms with E-state index in [1.54, 1.807) is 0 Å². The first-order chi connectivity index (χ1) is 14.8. The first kappa shape index (κ1) is 20.5. The van der Waals surface area contributed by atoms with Crippen LogP contribution >= 0.6 is 0 Å². The summed E-state index contributed by atoms with van der Waals surface area (Å²) in [6, 6.07) is 20.1. The first-order valence-electron chi connectivity index (χ1n) is 11.1. The molecule has 2 N–H and O–H groups in total. The third-order valence-corrected chi connectivity index (χ3v) is 5.82. The second-order valence-corrected chi connectivity index (χ2v) is 8.09. The molecule has 4 rings (SSSR count). The average molecular weight is 405 g/mol. The molecular weight excluding hydrogens is 372 g/mol. The van der Waals surface area contributed by atoms with Gasteiger partial charge in [0.15, 0.2) is 0 Å². The van der Waals surface area contributed by atoms with Crippen LogP contribution in [0.2, 0.25) is 0 Å². The fourth-order valence-electron chi connectivity index (χ4n) is 4.10. The summed E-state index contributed by atoms with van der Waals surface area (Å²) < 4.78 is 12.0. The lowest BCUT2D eigenvalue weighted by atomic mass is 10.1. The SMILES string of the molecule is Nc1ccc(OCc2ccc(OCCCN3CCCCCC3)cc2)c2ccccc12. The van der Waals surface area contributed by atoms with Crippen LogP contribution in [0.1, 0.15) is 37.7 Å². The topological polar surface area (TPSA) is 47.7 Å². The summed E-state index contributed by atoms with van der Waals surface area (Å²) in [5, 5.41) is 2.07. The van der Waals surface area contributed by atoms with Gasteiger partial charge in [0, 0.05) is 23.0 Å². The van der Waals surface area contributed by atoms with Crippen LogP contribution in [0.4, 0.5) is 5.69 Å². The van der Waals surface area contributed by atoms with Gasteiger partial charge >= 0.3 is 0 Å². The van der Waals surface area contributed by atoms with Gasteiger partial charge in [-0.15, -0.1) is 0 Å². The molecule has 0 amide bonds. The van der Waals surface area contributed by atoms with Crippen LogP contribution in [-0.4, -0.2) is 31.1 Å². The van der Waals surface area contributed by atoms with Crippen molar-refractivity contribution in [3.63, 3.8) is 0 Å². The largest absolute Gasteiger partial charge is 0.494 e. The summed E-state index contributed by atoms with van der Waals surface area (Å²) in [4.78, 5) is 2.58. The van der Waals surface area contributed by atoms with Crippen LogP contribution in [0.3, 0.4) is 0 Å². The van der Waals surface area contributed by atoms with Crippen molar-refractivity contribution in [1.29, 1.82) is 0 Å². The van der Waals surface area contributed by atoms with E-state index in [9.17, 15) is 0 Å². The highest BCUT2D eigenvalue weighted by atomic mass is 16.5. The molecule has 0 saturated carbocycles. The van der Waals surface area contributed by atoms with Crippen molar-refractivity contribution < 1.29 is 9.47 Å². The lowest BCUT2D eigenvalue weighted by Gasteiger charge is -2.19. The smallest absolute Gasteiger partial charge is 0.127 e. The predicted molar refractivity (Wildman–Crippen MR) is 124 cm³/mol. The molecule has 1 fully saturated rings. The zero-order chi connectivity index (χ0) is 20.6. The Hall–Kier alpha value is -2.72. The van der Waals surface area contributed by atoms with Crippen LogP contribution in [0, 0.1) is 0 Å². The molecule has 1 aliphatic heterocycles. The predicted octanol–water partition coefficient (Wildman–Crippen LogP) is 5.65. The monoisotopic (exact) mass is 404 g/mol. The molecular formula is C26H32N2O2. The normalized spacial score (nSPS) is 15.1. The third-order valence-electron chi connectivity index (χ3n) is 5.82. The Kier molecular flexibility index (Phi) is 7.09. The van der Waals surface area contributed by atoms with Gasteiger partial charge in [-0.05, 0) is 62.2 Å². The van der Waals surface area contributed by atoms with E-state index in [1.165, 1.54) is 38.8 Å². The lowest BCUT2D eigenvalue weighted by molar-refractivity contribution is 0.240. The molecule has 1 aliphatic rings. The van der Waals surface area contributed by atoms with Crippen LogP contribution in [-0.2, 0) is 6.61 Å². The Balaban J connectivity index is 1.25. The number of ether oxygens (including phenoxy) is 2. The van der Waals surface area contributed by atoms with Crippen molar-refractivity contribution in [3.05, 3.63) is 66.2 Å². The molecule has 0 atom stereocenters. The summed E-state index contributed by atoms with van der Waals surface area (Å²) in [7, 11) is 0. The van der Waals surface area contributed by atoms with E-state index in [0.717, 1.165) is 53.1 Å². The minimum atomic E-state index is 0.517. The number of rotatable bonds is 8. The van der Waals surface area contributed by atoms with E-state index in [-0.39, 0.29) is 0 Å². The molecule has 0 bridgehead atoms. The molecule has 1 saturated heterocycles. The minimum absolute atomic E-state index is 0.517. The maximum absolute atomic E-state index is 6.08. The fourth-order valence-corrected chi connectivity index (χ4v) is 4.10. The van der Waals surface area contributed by atoms with Gasteiger partial charge in [0.05, 0.1) is 6.61 Å². The number of benzene rings is 3. The maximum Gasteiger partial charge on any atom is 0.127 e. The van der Waals surface area contributed by atoms with E-state index in [4.69, 9.17) is 15.2 Å². The summed E-state index contributed by atoms with van der Waals surface area (Å²) in [5.41, 5.74) is 7.97. The van der Waals surface area contributed by atoms with Gasteiger partial charge < -0.3 is 20.1 Å². The van der Waals surface area contributed by atoms with Gasteiger partial charge in [-0.2, -0.15) is 0 Å². The molecule has 0 spiro atoms. The first-order valence-corrected chi connectivity index (χ1v) is 11.1. The van der Waals surface area contributed by atoms with Crippen molar-refractivity contribution in [3.8, 4) is 11.5 Å². The van der Waals surface area contributed by atoms with Crippen molar-refractivity contribution in [1.82, 2.24) is 4.90 Å². The zero-order valence-electron chi connectivity index (χ0n) is 17.7. The summed E-state index contributed by atoms with van der Waals surface area (Å²) in [6.07, 6.45) is 6.54. The molecule has 30 heavy (non-hydrogen) atoms. The Bertz CT molecular complexity index is 931. The highest BCUT2D eigenvalue weighted by Gasteiger charge is 2.08.